The Morgan fingerprint density at radius 2 is 0.759 bits per heavy atom. The summed E-state index contributed by atoms with van der Waals surface area (Å²) in [6.07, 6.45) is 0. The van der Waals surface area contributed by atoms with E-state index in [4.69, 9.17) is 0 Å². The minimum atomic E-state index is 1.10. The number of fused-ring (bicyclic) bond motifs is 5. The van der Waals surface area contributed by atoms with Gasteiger partial charge in [-0.1, -0.05) is 158 Å². The number of nitrogens with zero attached hydrogens (tertiary/aromatic N) is 2. The fourth-order valence-electron chi connectivity index (χ4n) is 8.72. The van der Waals surface area contributed by atoms with Gasteiger partial charge < -0.3 is 9.47 Å². The Balaban J connectivity index is 1.06. The number of benzene rings is 10. The molecular weight excluding hydrogens is 701 g/mol. The lowest BCUT2D eigenvalue weighted by molar-refractivity contribution is 1.18. The molecule has 0 saturated heterocycles. The summed E-state index contributed by atoms with van der Waals surface area (Å²) in [6.45, 7) is 0. The normalized spacial score (nSPS) is 11.4. The largest absolute Gasteiger partial charge is 0.310 e. The van der Waals surface area contributed by atoms with Crippen LogP contribution in [0.25, 0.3) is 82.4 Å². The lowest BCUT2D eigenvalue weighted by Gasteiger charge is -2.27. The van der Waals surface area contributed by atoms with Gasteiger partial charge in [0.1, 0.15) is 0 Å². The number of anilines is 3. The van der Waals surface area contributed by atoms with Crippen LogP contribution in [0.1, 0.15) is 0 Å². The van der Waals surface area contributed by atoms with Crippen molar-refractivity contribution in [3.05, 3.63) is 231 Å². The van der Waals surface area contributed by atoms with Crippen molar-refractivity contribution in [1.82, 2.24) is 4.57 Å². The Labute approximate surface area is 338 Å². The molecule has 272 valence electrons. The molecule has 0 radical (unpaired) electrons. The lowest BCUT2D eigenvalue weighted by Crippen LogP contribution is -2.10. The third kappa shape index (κ3) is 5.91. The summed E-state index contributed by atoms with van der Waals surface area (Å²) >= 11 is 0. The first kappa shape index (κ1) is 33.6. The number of para-hydroxylation sites is 2. The maximum Gasteiger partial charge on any atom is 0.0562 e. The summed E-state index contributed by atoms with van der Waals surface area (Å²) in [5.74, 6) is 0. The zero-order valence-corrected chi connectivity index (χ0v) is 31.8. The maximum absolute atomic E-state index is 2.44. The number of hydrogen-bond donors (Lipinski definition) is 0. The molecule has 0 bridgehead atoms. The van der Waals surface area contributed by atoms with Gasteiger partial charge in [-0.05, 0) is 128 Å². The first-order valence-electron chi connectivity index (χ1n) is 19.9. The second kappa shape index (κ2) is 14.1. The van der Waals surface area contributed by atoms with Crippen molar-refractivity contribution in [1.29, 1.82) is 0 Å². The molecule has 2 heteroatoms. The molecule has 1 aromatic heterocycles. The summed E-state index contributed by atoms with van der Waals surface area (Å²) in [4.78, 5) is 2.44. The monoisotopic (exact) mass is 738 g/mol. The van der Waals surface area contributed by atoms with Crippen molar-refractivity contribution < 1.29 is 0 Å². The Kier molecular flexibility index (Phi) is 8.19. The highest BCUT2D eigenvalue weighted by Gasteiger charge is 2.21. The van der Waals surface area contributed by atoms with E-state index in [9.17, 15) is 0 Å². The van der Waals surface area contributed by atoms with E-state index in [1.54, 1.807) is 0 Å². The van der Waals surface area contributed by atoms with Crippen LogP contribution in [0, 0.1) is 0 Å². The smallest absolute Gasteiger partial charge is 0.0562 e. The number of rotatable bonds is 7. The minimum absolute atomic E-state index is 1.10. The topological polar surface area (TPSA) is 8.17 Å². The van der Waals surface area contributed by atoms with E-state index < -0.39 is 0 Å². The molecule has 0 aliphatic carbocycles. The van der Waals surface area contributed by atoms with Gasteiger partial charge in [0.2, 0.25) is 0 Å². The summed E-state index contributed by atoms with van der Waals surface area (Å²) in [6, 6.07) is 83.8. The molecule has 58 heavy (non-hydrogen) atoms. The Hall–Kier alpha value is -7.68. The van der Waals surface area contributed by atoms with E-state index in [-0.39, 0.29) is 0 Å². The predicted molar refractivity (Wildman–Crippen MR) is 247 cm³/mol. The van der Waals surface area contributed by atoms with Gasteiger partial charge in [0.25, 0.3) is 0 Å². The van der Waals surface area contributed by atoms with Gasteiger partial charge in [-0.15, -0.1) is 0 Å². The third-order valence-corrected chi connectivity index (χ3v) is 11.5. The predicted octanol–water partition coefficient (Wildman–Crippen LogP) is 15.6. The average Bonchev–Trinajstić information content (AvgIpc) is 3.64. The van der Waals surface area contributed by atoms with Crippen LogP contribution in [0.2, 0.25) is 0 Å². The van der Waals surface area contributed by atoms with Gasteiger partial charge in [-0.3, -0.25) is 0 Å². The Morgan fingerprint density at radius 3 is 1.43 bits per heavy atom. The van der Waals surface area contributed by atoms with Crippen molar-refractivity contribution in [2.75, 3.05) is 4.90 Å². The second-order valence-electron chi connectivity index (χ2n) is 15.0. The SMILES string of the molecule is c1ccc(-c2cccc(N(c3cccc(-c4ccc5cc(-c6ccc7ccccc7c6)ccc5c4)c3)c3cccc4c3c3ccccc3n4-c3ccccc3)c2)cc1. The zero-order chi connectivity index (χ0) is 38.4. The molecule has 1 heterocycles. The molecule has 0 spiro atoms. The van der Waals surface area contributed by atoms with E-state index in [1.807, 2.05) is 0 Å². The lowest BCUT2D eigenvalue weighted by atomic mass is 9.96. The number of aromatic nitrogens is 1. The van der Waals surface area contributed by atoms with Crippen LogP contribution in [-0.4, -0.2) is 4.57 Å². The standard InChI is InChI=1S/C56H38N2/c1-3-14-39(15-4-1)42-18-11-22-50(37-42)57(54-26-13-27-55-56(54)52-24-9-10-25-53(52)58(55)49-20-5-2-6-21-49)51-23-12-19-43(38-51)44-30-31-48-36-47(33-32-46(48)35-44)45-29-28-40-16-7-8-17-41(40)34-45/h1-38H. The van der Waals surface area contributed by atoms with Crippen molar-refractivity contribution in [2.24, 2.45) is 0 Å². The molecule has 10 aromatic carbocycles. The molecule has 2 nitrogen and oxygen atoms in total. The van der Waals surface area contributed by atoms with E-state index in [2.05, 4.69) is 240 Å². The highest BCUT2D eigenvalue weighted by molar-refractivity contribution is 6.16. The van der Waals surface area contributed by atoms with Crippen molar-refractivity contribution in [3.63, 3.8) is 0 Å². The molecule has 0 aliphatic heterocycles. The first-order valence-corrected chi connectivity index (χ1v) is 19.9. The Morgan fingerprint density at radius 1 is 0.293 bits per heavy atom. The van der Waals surface area contributed by atoms with E-state index in [1.165, 1.54) is 76.7 Å². The van der Waals surface area contributed by atoms with Crippen LogP contribution >= 0.6 is 0 Å². The van der Waals surface area contributed by atoms with E-state index >= 15 is 0 Å². The quantitative estimate of drug-likeness (QED) is 0.158. The van der Waals surface area contributed by atoms with Gasteiger partial charge in [0, 0.05) is 27.8 Å². The molecule has 0 saturated carbocycles. The molecule has 0 aliphatic rings. The fraction of sp³-hybridized carbons (Fsp3) is 0. The molecule has 0 amide bonds. The molecule has 11 rings (SSSR count). The van der Waals surface area contributed by atoms with E-state index in [0.29, 0.717) is 0 Å². The molecule has 11 aromatic rings. The van der Waals surface area contributed by atoms with E-state index in [0.717, 1.165) is 22.7 Å². The van der Waals surface area contributed by atoms with Crippen LogP contribution in [-0.2, 0) is 0 Å². The van der Waals surface area contributed by atoms with Gasteiger partial charge in [0.15, 0.2) is 0 Å². The van der Waals surface area contributed by atoms with Crippen LogP contribution < -0.4 is 4.90 Å². The van der Waals surface area contributed by atoms with Crippen LogP contribution in [0.5, 0.6) is 0 Å². The van der Waals surface area contributed by atoms with Gasteiger partial charge >= 0.3 is 0 Å². The highest BCUT2D eigenvalue weighted by atomic mass is 15.1. The van der Waals surface area contributed by atoms with Gasteiger partial charge in [0.05, 0.1) is 16.7 Å². The number of hydrogen-bond acceptors (Lipinski definition) is 1. The fourth-order valence-corrected chi connectivity index (χ4v) is 8.72. The van der Waals surface area contributed by atoms with Gasteiger partial charge in [-0.2, -0.15) is 0 Å². The molecule has 0 N–H and O–H groups in total. The minimum Gasteiger partial charge on any atom is -0.310 e. The first-order chi connectivity index (χ1) is 28.7. The van der Waals surface area contributed by atoms with Crippen molar-refractivity contribution >= 4 is 60.4 Å². The molecule has 0 unspecified atom stereocenters. The van der Waals surface area contributed by atoms with Gasteiger partial charge in [-0.25, -0.2) is 0 Å². The second-order valence-corrected chi connectivity index (χ2v) is 15.0. The zero-order valence-electron chi connectivity index (χ0n) is 31.8. The van der Waals surface area contributed by atoms with Crippen LogP contribution in [0.15, 0.2) is 231 Å². The summed E-state index contributed by atoms with van der Waals surface area (Å²) in [7, 11) is 0. The average molecular weight is 739 g/mol. The van der Waals surface area contributed by atoms with Crippen LogP contribution in [0.3, 0.4) is 0 Å². The van der Waals surface area contributed by atoms with Crippen LogP contribution in [0.4, 0.5) is 17.1 Å². The molecule has 0 fully saturated rings. The highest BCUT2D eigenvalue weighted by Crippen LogP contribution is 2.45. The summed E-state index contributed by atoms with van der Waals surface area (Å²) in [5, 5.41) is 7.40. The Bertz CT molecular complexity index is 3290. The maximum atomic E-state index is 2.44. The third-order valence-electron chi connectivity index (χ3n) is 11.5. The van der Waals surface area contributed by atoms with Crippen molar-refractivity contribution in [2.45, 2.75) is 0 Å². The summed E-state index contributed by atoms with van der Waals surface area (Å²) < 4.78 is 2.39. The molecule has 0 atom stereocenters. The summed E-state index contributed by atoms with van der Waals surface area (Å²) in [5.41, 5.74) is 14.0. The van der Waals surface area contributed by atoms with Crippen molar-refractivity contribution in [3.8, 4) is 39.1 Å². The molecular formula is C56H38N2.